The van der Waals surface area contributed by atoms with E-state index in [4.69, 9.17) is 0 Å². The van der Waals surface area contributed by atoms with E-state index in [1.807, 2.05) is 13.0 Å². The lowest BCUT2D eigenvalue weighted by atomic mass is 9.80. The first kappa shape index (κ1) is 13.4. The molecule has 0 saturated heterocycles. The molecule has 1 N–H and O–H groups in total. The van der Waals surface area contributed by atoms with Crippen molar-refractivity contribution in [3.63, 3.8) is 0 Å². The Kier molecular flexibility index (Phi) is 3.18. The van der Waals surface area contributed by atoms with E-state index in [0.29, 0.717) is 17.9 Å². The van der Waals surface area contributed by atoms with Gasteiger partial charge in [-0.1, -0.05) is 6.42 Å². The molecule has 0 spiro atoms. The third-order valence-corrected chi connectivity index (χ3v) is 4.02. The number of alkyl halides is 3. The molecule has 1 aliphatic carbocycles. The smallest absolute Gasteiger partial charge is 0.340 e. The van der Waals surface area contributed by atoms with Gasteiger partial charge < -0.3 is 4.98 Å². The van der Waals surface area contributed by atoms with Crippen molar-refractivity contribution >= 4 is 11.2 Å². The van der Waals surface area contributed by atoms with Gasteiger partial charge in [-0.3, -0.25) is 0 Å². The predicted octanol–water partition coefficient (Wildman–Crippen LogP) is 4.10. The normalized spacial score (nSPS) is 24.2. The maximum Gasteiger partial charge on any atom is 0.391 e. The quantitative estimate of drug-likeness (QED) is 0.856. The molecule has 0 bridgehead atoms. The molecule has 2 unspecified atom stereocenters. The molecule has 1 saturated carbocycles. The van der Waals surface area contributed by atoms with Crippen LogP contribution in [0.5, 0.6) is 0 Å². The van der Waals surface area contributed by atoms with Crippen molar-refractivity contribution in [2.75, 3.05) is 0 Å². The van der Waals surface area contributed by atoms with Crippen LogP contribution in [0, 0.1) is 12.8 Å². The topological polar surface area (TPSA) is 41.6 Å². The fraction of sp³-hybridized carbons (Fsp3) is 0.571. The van der Waals surface area contributed by atoms with Crippen molar-refractivity contribution in [3.05, 3.63) is 23.7 Å². The van der Waals surface area contributed by atoms with Crippen LogP contribution >= 0.6 is 0 Å². The van der Waals surface area contributed by atoms with Crippen LogP contribution in [0.15, 0.2) is 12.3 Å². The number of fused-ring (bicyclic) bond motifs is 1. The predicted molar refractivity (Wildman–Crippen MR) is 69.4 cm³/mol. The zero-order valence-corrected chi connectivity index (χ0v) is 11.2. The maximum atomic E-state index is 12.8. The van der Waals surface area contributed by atoms with E-state index >= 15 is 0 Å². The Bertz CT molecular complexity index is 618. The van der Waals surface area contributed by atoms with E-state index in [1.165, 1.54) is 0 Å². The van der Waals surface area contributed by atoms with Gasteiger partial charge in [-0.05, 0) is 37.8 Å². The van der Waals surface area contributed by atoms with E-state index in [2.05, 4.69) is 15.0 Å². The number of hydrogen-bond acceptors (Lipinski definition) is 2. The number of nitrogens with zero attached hydrogens (tertiary/aromatic N) is 2. The van der Waals surface area contributed by atoms with Gasteiger partial charge in [0.1, 0.15) is 5.82 Å². The summed E-state index contributed by atoms with van der Waals surface area (Å²) < 4.78 is 38.5. The summed E-state index contributed by atoms with van der Waals surface area (Å²) in [5.74, 6) is -0.707. The van der Waals surface area contributed by atoms with Crippen molar-refractivity contribution < 1.29 is 13.2 Å². The fourth-order valence-electron chi connectivity index (χ4n) is 2.95. The number of rotatable bonds is 1. The van der Waals surface area contributed by atoms with Gasteiger partial charge in [-0.25, -0.2) is 9.97 Å². The maximum absolute atomic E-state index is 12.8. The first-order chi connectivity index (χ1) is 9.43. The number of imidazole rings is 1. The number of H-pyrrole nitrogens is 1. The SMILES string of the molecule is Cc1cnc2nc(C3CCCC(C(F)(F)F)C3)[nH]c2c1. The molecular weight excluding hydrogens is 267 g/mol. The standard InChI is InChI=1S/C14H16F3N3/c1-8-5-11-13(18-7-8)20-12(19-11)9-3-2-4-10(6-9)14(15,16)17/h5,7,9-10H,2-4,6H2,1H3,(H,18,19,20). The van der Waals surface area contributed by atoms with E-state index in [0.717, 1.165) is 17.5 Å². The van der Waals surface area contributed by atoms with E-state index < -0.39 is 12.1 Å². The van der Waals surface area contributed by atoms with Crippen LogP contribution < -0.4 is 0 Å². The number of aromatic amines is 1. The highest BCUT2D eigenvalue weighted by atomic mass is 19.4. The lowest BCUT2D eigenvalue weighted by molar-refractivity contribution is -0.183. The molecule has 6 heteroatoms. The summed E-state index contributed by atoms with van der Waals surface area (Å²) in [6.45, 7) is 1.92. The highest BCUT2D eigenvalue weighted by Crippen LogP contribution is 2.43. The van der Waals surface area contributed by atoms with Crippen LogP contribution in [0.1, 0.15) is 43.0 Å². The highest BCUT2D eigenvalue weighted by Gasteiger charge is 2.42. The van der Waals surface area contributed by atoms with Crippen LogP contribution in [-0.2, 0) is 0 Å². The molecule has 0 radical (unpaired) electrons. The van der Waals surface area contributed by atoms with Crippen molar-refractivity contribution in [2.24, 2.45) is 5.92 Å². The second-order valence-corrected chi connectivity index (χ2v) is 5.61. The molecule has 20 heavy (non-hydrogen) atoms. The van der Waals surface area contributed by atoms with Gasteiger partial charge in [0, 0.05) is 12.1 Å². The first-order valence-electron chi connectivity index (χ1n) is 6.82. The minimum atomic E-state index is -4.10. The van der Waals surface area contributed by atoms with Crippen molar-refractivity contribution in [3.8, 4) is 0 Å². The van der Waals surface area contributed by atoms with Crippen LogP contribution in [-0.4, -0.2) is 21.1 Å². The van der Waals surface area contributed by atoms with E-state index in [1.54, 1.807) is 6.20 Å². The van der Waals surface area contributed by atoms with Gasteiger partial charge in [-0.15, -0.1) is 0 Å². The lowest BCUT2D eigenvalue weighted by Gasteiger charge is -2.29. The van der Waals surface area contributed by atoms with Gasteiger partial charge in [-0.2, -0.15) is 13.2 Å². The molecule has 108 valence electrons. The Morgan fingerprint density at radius 2 is 2.10 bits per heavy atom. The van der Waals surface area contributed by atoms with Crippen molar-refractivity contribution in [1.29, 1.82) is 0 Å². The molecule has 2 atom stereocenters. The molecule has 0 aromatic carbocycles. The number of pyridine rings is 1. The van der Waals surface area contributed by atoms with E-state index in [9.17, 15) is 13.2 Å². The molecule has 2 aromatic rings. The second-order valence-electron chi connectivity index (χ2n) is 5.61. The van der Waals surface area contributed by atoms with Crippen molar-refractivity contribution in [1.82, 2.24) is 15.0 Å². The third kappa shape index (κ3) is 2.51. The van der Waals surface area contributed by atoms with Crippen LogP contribution in [0.3, 0.4) is 0 Å². The Morgan fingerprint density at radius 3 is 2.85 bits per heavy atom. The van der Waals surface area contributed by atoms with Gasteiger partial charge in [0.15, 0.2) is 5.65 Å². The number of halogens is 3. The Morgan fingerprint density at radius 1 is 1.30 bits per heavy atom. The summed E-state index contributed by atoms with van der Waals surface area (Å²) in [5, 5.41) is 0. The second kappa shape index (κ2) is 4.75. The Hall–Kier alpha value is -1.59. The molecule has 0 amide bonds. The molecule has 2 aromatic heterocycles. The number of aryl methyl sites for hydroxylation is 1. The average Bonchev–Trinajstić information content (AvgIpc) is 2.81. The average molecular weight is 283 g/mol. The summed E-state index contributed by atoms with van der Waals surface area (Å²) in [7, 11) is 0. The summed E-state index contributed by atoms with van der Waals surface area (Å²) in [4.78, 5) is 11.7. The summed E-state index contributed by atoms with van der Waals surface area (Å²) in [6.07, 6.45) is -0.671. The zero-order chi connectivity index (χ0) is 14.3. The number of aromatic nitrogens is 3. The zero-order valence-electron chi connectivity index (χ0n) is 11.2. The largest absolute Gasteiger partial charge is 0.391 e. The molecule has 0 aliphatic heterocycles. The minimum absolute atomic E-state index is 0.127. The van der Waals surface area contributed by atoms with Crippen LogP contribution in [0.25, 0.3) is 11.2 Å². The van der Waals surface area contributed by atoms with Crippen molar-refractivity contribution in [2.45, 2.75) is 44.7 Å². The summed E-state index contributed by atoms with van der Waals surface area (Å²) >= 11 is 0. The molecular formula is C14H16F3N3. The molecule has 1 aliphatic rings. The van der Waals surface area contributed by atoms with Gasteiger partial charge in [0.2, 0.25) is 0 Å². The van der Waals surface area contributed by atoms with Gasteiger partial charge in [0.25, 0.3) is 0 Å². The Balaban J connectivity index is 1.87. The molecule has 1 fully saturated rings. The van der Waals surface area contributed by atoms with Gasteiger partial charge >= 0.3 is 6.18 Å². The van der Waals surface area contributed by atoms with E-state index in [-0.39, 0.29) is 18.8 Å². The monoisotopic (exact) mass is 283 g/mol. The Labute approximate surface area is 114 Å². The first-order valence-corrected chi connectivity index (χ1v) is 6.82. The number of nitrogens with one attached hydrogen (secondary N) is 1. The third-order valence-electron chi connectivity index (χ3n) is 4.02. The summed E-state index contributed by atoms with van der Waals surface area (Å²) in [6, 6.07) is 1.92. The minimum Gasteiger partial charge on any atom is -0.340 e. The van der Waals surface area contributed by atoms with Crippen LogP contribution in [0.4, 0.5) is 13.2 Å². The summed E-state index contributed by atoms with van der Waals surface area (Å²) in [5.41, 5.74) is 2.39. The molecule has 2 heterocycles. The van der Waals surface area contributed by atoms with Crippen LogP contribution in [0.2, 0.25) is 0 Å². The lowest BCUT2D eigenvalue weighted by Crippen LogP contribution is -2.28. The highest BCUT2D eigenvalue weighted by molar-refractivity contribution is 5.71. The number of hydrogen-bond donors (Lipinski definition) is 1. The molecule has 3 nitrogen and oxygen atoms in total. The van der Waals surface area contributed by atoms with Gasteiger partial charge in [0.05, 0.1) is 11.4 Å². The molecule has 3 rings (SSSR count). The fourth-order valence-corrected chi connectivity index (χ4v) is 2.95.